The van der Waals surface area contributed by atoms with E-state index in [1.165, 1.54) is 57.8 Å². The highest BCUT2D eigenvalue weighted by Crippen LogP contribution is 2.66. The van der Waals surface area contributed by atoms with Gasteiger partial charge >= 0.3 is 0 Å². The van der Waals surface area contributed by atoms with Crippen molar-refractivity contribution < 1.29 is 10.2 Å². The van der Waals surface area contributed by atoms with Gasteiger partial charge in [-0.3, -0.25) is 0 Å². The fourth-order valence-corrected chi connectivity index (χ4v) is 8.46. The van der Waals surface area contributed by atoms with Crippen LogP contribution < -0.4 is 0 Å². The normalized spacial score (nSPS) is 40.9. The largest absolute Gasteiger partial charge is 0.393 e. The molecule has 2 N–H and O–H groups in total. The summed E-state index contributed by atoms with van der Waals surface area (Å²) in [5.74, 6) is 3.59. The maximum atomic E-state index is 10.2. The van der Waals surface area contributed by atoms with Crippen molar-refractivity contribution in [1.82, 2.24) is 0 Å². The summed E-state index contributed by atoms with van der Waals surface area (Å²) in [7, 11) is 0. The molecule has 2 nitrogen and oxygen atoms in total. The Morgan fingerprint density at radius 2 is 1.50 bits per heavy atom. The van der Waals surface area contributed by atoms with E-state index >= 15 is 0 Å². The molecule has 0 aromatic rings. The average Bonchev–Trinajstić information content (AvgIpc) is 3.50. The molecule has 0 heterocycles. The van der Waals surface area contributed by atoms with Crippen LogP contribution in [0.4, 0.5) is 0 Å². The molecule has 0 spiro atoms. The minimum absolute atomic E-state index is 0.0886. The third-order valence-electron chi connectivity index (χ3n) is 10.5. The van der Waals surface area contributed by atoms with Gasteiger partial charge in [0.1, 0.15) is 0 Å². The van der Waals surface area contributed by atoms with Crippen molar-refractivity contribution in [2.45, 2.75) is 157 Å². The standard InChI is InChI=1S/C26H42O2.3C2H6/c1-24-14-11-23-21(8-6-19-17-20(27)10-13-25(19,23)2)22(24)9-7-18(24)5-3-4-12-26(28)15-16-26;3*1-2/h6,18,20-23,27-28H,3-5,7-17H2,1-2H3;3*1-2H3. The predicted molar refractivity (Wildman–Crippen MR) is 148 cm³/mol. The fraction of sp³-hybridized carbons (Fsp3) is 0.938. The Morgan fingerprint density at radius 3 is 2.15 bits per heavy atom. The van der Waals surface area contributed by atoms with Gasteiger partial charge in [0.05, 0.1) is 11.7 Å². The first-order valence-corrected chi connectivity index (χ1v) is 15.4. The van der Waals surface area contributed by atoms with Crippen molar-refractivity contribution >= 4 is 0 Å². The second-order valence-corrected chi connectivity index (χ2v) is 11.9. The van der Waals surface area contributed by atoms with Gasteiger partial charge in [-0.25, -0.2) is 0 Å². The van der Waals surface area contributed by atoms with Crippen LogP contribution in [0.2, 0.25) is 0 Å². The van der Waals surface area contributed by atoms with E-state index in [0.29, 0.717) is 10.8 Å². The van der Waals surface area contributed by atoms with Gasteiger partial charge in [0.15, 0.2) is 0 Å². The van der Waals surface area contributed by atoms with Gasteiger partial charge in [-0.15, -0.1) is 0 Å². The molecule has 34 heavy (non-hydrogen) atoms. The summed E-state index contributed by atoms with van der Waals surface area (Å²) < 4.78 is 0. The van der Waals surface area contributed by atoms with E-state index < -0.39 is 0 Å². The second-order valence-electron chi connectivity index (χ2n) is 11.9. The van der Waals surface area contributed by atoms with Crippen molar-refractivity contribution in [2.24, 2.45) is 34.5 Å². The van der Waals surface area contributed by atoms with Crippen molar-refractivity contribution in [3.05, 3.63) is 11.6 Å². The van der Waals surface area contributed by atoms with Gasteiger partial charge < -0.3 is 10.2 Å². The lowest BCUT2D eigenvalue weighted by atomic mass is 9.47. The molecule has 2 heteroatoms. The number of aliphatic hydroxyl groups is 2. The van der Waals surface area contributed by atoms with Crippen LogP contribution in [0.25, 0.3) is 0 Å². The molecule has 4 fully saturated rings. The van der Waals surface area contributed by atoms with Gasteiger partial charge in [0.25, 0.3) is 0 Å². The van der Waals surface area contributed by atoms with Gasteiger partial charge in [-0.2, -0.15) is 0 Å². The smallest absolute Gasteiger partial charge is 0.0650 e. The van der Waals surface area contributed by atoms with Crippen LogP contribution in [0.5, 0.6) is 0 Å². The topological polar surface area (TPSA) is 40.5 Å². The molecule has 4 saturated carbocycles. The summed E-state index contributed by atoms with van der Waals surface area (Å²) in [6.07, 6.45) is 19.7. The Kier molecular flexibility index (Phi) is 11.2. The highest BCUT2D eigenvalue weighted by molar-refractivity contribution is 5.25. The van der Waals surface area contributed by atoms with E-state index in [2.05, 4.69) is 19.9 Å². The summed E-state index contributed by atoms with van der Waals surface area (Å²) in [4.78, 5) is 0. The molecule has 0 aliphatic heterocycles. The molecule has 5 aliphatic carbocycles. The number of aliphatic hydroxyl groups excluding tert-OH is 1. The Bertz CT molecular complexity index is 635. The van der Waals surface area contributed by atoms with Crippen LogP contribution in [0, 0.1) is 34.5 Å². The molecular weight excluding hydrogens is 416 g/mol. The van der Waals surface area contributed by atoms with E-state index in [9.17, 15) is 10.2 Å². The van der Waals surface area contributed by atoms with Crippen LogP contribution >= 0.6 is 0 Å². The zero-order valence-electron chi connectivity index (χ0n) is 24.3. The van der Waals surface area contributed by atoms with Crippen LogP contribution in [-0.2, 0) is 0 Å². The molecule has 0 aromatic heterocycles. The first-order chi connectivity index (χ1) is 16.3. The van der Waals surface area contributed by atoms with Crippen molar-refractivity contribution in [1.29, 1.82) is 0 Å². The Labute approximate surface area is 213 Å². The first kappa shape index (κ1) is 29.9. The Balaban J connectivity index is 0.000000633. The van der Waals surface area contributed by atoms with Crippen LogP contribution in [-0.4, -0.2) is 21.9 Å². The molecule has 0 radical (unpaired) electrons. The van der Waals surface area contributed by atoms with Crippen LogP contribution in [0.15, 0.2) is 11.6 Å². The summed E-state index contributed by atoms with van der Waals surface area (Å²) in [5.41, 5.74) is 2.29. The zero-order chi connectivity index (χ0) is 25.6. The quantitative estimate of drug-likeness (QED) is 0.307. The SMILES string of the molecule is CC.CC.CC.CC12CCC(O)CC1=CCC1C2CCC2(C)C(CCCCC3(O)CC3)CCC12. The number of hydrogen-bond donors (Lipinski definition) is 2. The molecule has 0 saturated heterocycles. The van der Waals surface area contributed by atoms with E-state index in [-0.39, 0.29) is 11.7 Å². The molecule has 5 aliphatic rings. The monoisotopic (exact) mass is 476 g/mol. The summed E-state index contributed by atoms with van der Waals surface area (Å²) in [6, 6.07) is 0. The molecule has 7 atom stereocenters. The van der Waals surface area contributed by atoms with E-state index in [1.54, 1.807) is 5.57 Å². The number of rotatable bonds is 5. The highest BCUT2D eigenvalue weighted by atomic mass is 16.3. The lowest BCUT2D eigenvalue weighted by Gasteiger charge is -2.58. The van der Waals surface area contributed by atoms with Gasteiger partial charge in [0.2, 0.25) is 0 Å². The number of hydrogen-bond acceptors (Lipinski definition) is 2. The number of fused-ring (bicyclic) bond motifs is 5. The molecule has 0 amide bonds. The summed E-state index contributed by atoms with van der Waals surface area (Å²) in [5, 5.41) is 20.3. The maximum Gasteiger partial charge on any atom is 0.0650 e. The number of allylic oxidation sites excluding steroid dienone is 1. The zero-order valence-corrected chi connectivity index (χ0v) is 24.3. The van der Waals surface area contributed by atoms with Gasteiger partial charge in [0, 0.05) is 0 Å². The molecule has 0 aromatic carbocycles. The molecule has 5 rings (SSSR count). The third kappa shape index (κ3) is 5.96. The van der Waals surface area contributed by atoms with Crippen LogP contribution in [0.1, 0.15) is 145 Å². The van der Waals surface area contributed by atoms with Gasteiger partial charge in [-0.05, 0) is 112 Å². The average molecular weight is 477 g/mol. The molecular formula is C32H60O2. The minimum atomic E-state index is -0.255. The number of unbranched alkanes of at least 4 members (excludes halogenated alkanes) is 1. The second kappa shape index (κ2) is 12.8. The first-order valence-electron chi connectivity index (χ1n) is 15.4. The van der Waals surface area contributed by atoms with E-state index in [4.69, 9.17) is 0 Å². The van der Waals surface area contributed by atoms with Crippen molar-refractivity contribution in [2.75, 3.05) is 0 Å². The molecule has 7 unspecified atom stereocenters. The predicted octanol–water partition coefficient (Wildman–Crippen LogP) is 9.09. The Hall–Kier alpha value is -0.340. The summed E-state index contributed by atoms with van der Waals surface area (Å²) >= 11 is 0. The fourth-order valence-electron chi connectivity index (χ4n) is 8.46. The lowest BCUT2D eigenvalue weighted by molar-refractivity contribution is -0.0509. The van der Waals surface area contributed by atoms with Crippen LogP contribution in [0.3, 0.4) is 0 Å². The van der Waals surface area contributed by atoms with E-state index in [0.717, 1.165) is 55.8 Å². The Morgan fingerprint density at radius 1 is 0.824 bits per heavy atom. The highest BCUT2D eigenvalue weighted by Gasteiger charge is 2.58. The van der Waals surface area contributed by atoms with E-state index in [1.807, 2.05) is 41.5 Å². The van der Waals surface area contributed by atoms with Gasteiger partial charge in [-0.1, -0.05) is 79.9 Å². The molecule has 200 valence electrons. The van der Waals surface area contributed by atoms with Crippen molar-refractivity contribution in [3.8, 4) is 0 Å². The molecule has 0 bridgehead atoms. The third-order valence-corrected chi connectivity index (χ3v) is 10.5. The summed E-state index contributed by atoms with van der Waals surface area (Å²) in [6.45, 7) is 17.2. The minimum Gasteiger partial charge on any atom is -0.393 e. The lowest BCUT2D eigenvalue weighted by Crippen LogP contribution is -2.50. The maximum absolute atomic E-state index is 10.2. The van der Waals surface area contributed by atoms with Crippen molar-refractivity contribution in [3.63, 3.8) is 0 Å².